The van der Waals surface area contributed by atoms with Crippen molar-refractivity contribution in [1.29, 1.82) is 0 Å². The molecule has 6 nitrogen and oxygen atoms in total. The number of amides is 1. The fourth-order valence-corrected chi connectivity index (χ4v) is 3.19. The minimum absolute atomic E-state index is 0.0525. The number of carbonyl (C=O) groups excluding carboxylic acids is 1. The van der Waals surface area contributed by atoms with Crippen LogP contribution in [0.2, 0.25) is 0 Å². The molecule has 1 aromatic heterocycles. The number of anilines is 1. The molecule has 3 fully saturated rings. The third-order valence-electron chi connectivity index (χ3n) is 5.03. The Labute approximate surface area is 130 Å². The molecule has 0 spiro atoms. The number of likely N-dealkylation sites (N-methyl/N-ethyl adjacent to an activating group) is 1. The number of nitrogens with zero attached hydrogens (tertiary/aromatic N) is 4. The van der Waals surface area contributed by atoms with Crippen molar-refractivity contribution in [1.82, 2.24) is 15.1 Å². The Morgan fingerprint density at radius 1 is 1.27 bits per heavy atom. The molecule has 1 saturated carbocycles. The van der Waals surface area contributed by atoms with Gasteiger partial charge in [-0.1, -0.05) is 0 Å². The lowest BCUT2D eigenvalue weighted by Crippen LogP contribution is -2.61. The predicted octanol–water partition coefficient (Wildman–Crippen LogP) is 1.04. The first kappa shape index (κ1) is 13.9. The van der Waals surface area contributed by atoms with Crippen molar-refractivity contribution >= 4 is 11.7 Å². The van der Waals surface area contributed by atoms with Gasteiger partial charge in [0, 0.05) is 32.7 Å². The molecule has 1 atom stereocenters. The van der Waals surface area contributed by atoms with Gasteiger partial charge in [0.05, 0.1) is 24.3 Å². The molecular weight excluding hydrogens is 280 g/mol. The minimum atomic E-state index is 0.0525. The van der Waals surface area contributed by atoms with Crippen LogP contribution in [-0.4, -0.2) is 60.4 Å². The number of hydrogen-bond donors (Lipinski definition) is 0. The Kier molecular flexibility index (Phi) is 3.48. The summed E-state index contributed by atoms with van der Waals surface area (Å²) in [5.41, 5.74) is 1.12. The topological polar surface area (TPSA) is 58.6 Å². The first-order chi connectivity index (χ1) is 10.7. The number of rotatable bonds is 4. The summed E-state index contributed by atoms with van der Waals surface area (Å²) in [6.45, 7) is 2.97. The summed E-state index contributed by atoms with van der Waals surface area (Å²) in [6, 6.07) is 4.43. The molecule has 1 aliphatic carbocycles. The molecule has 6 heteroatoms. The molecule has 118 valence electrons. The van der Waals surface area contributed by atoms with Gasteiger partial charge in [0.1, 0.15) is 0 Å². The summed E-state index contributed by atoms with van der Waals surface area (Å²) < 4.78 is 5.31. The van der Waals surface area contributed by atoms with Crippen molar-refractivity contribution in [2.45, 2.75) is 31.2 Å². The van der Waals surface area contributed by atoms with Gasteiger partial charge in [0.15, 0.2) is 5.82 Å². The Hall–Kier alpha value is -1.69. The minimum Gasteiger partial charge on any atom is -0.381 e. The lowest BCUT2D eigenvalue weighted by Gasteiger charge is -2.44. The average molecular weight is 302 g/mol. The van der Waals surface area contributed by atoms with E-state index < -0.39 is 0 Å². The summed E-state index contributed by atoms with van der Waals surface area (Å²) in [4.78, 5) is 16.4. The predicted molar refractivity (Wildman–Crippen MR) is 81.7 cm³/mol. The molecule has 0 N–H and O–H groups in total. The van der Waals surface area contributed by atoms with Crippen molar-refractivity contribution in [3.8, 4) is 0 Å². The summed E-state index contributed by atoms with van der Waals surface area (Å²) in [5.74, 6) is 1.84. The smallest absolute Gasteiger partial charge is 0.228 e. The van der Waals surface area contributed by atoms with Crippen LogP contribution in [0.1, 0.15) is 30.9 Å². The number of ether oxygens (including phenoxy) is 1. The van der Waals surface area contributed by atoms with E-state index >= 15 is 0 Å². The number of hydrogen-bond acceptors (Lipinski definition) is 5. The molecule has 1 aromatic rings. The highest BCUT2D eigenvalue weighted by molar-refractivity contribution is 5.79. The van der Waals surface area contributed by atoms with E-state index in [1.807, 2.05) is 11.9 Å². The van der Waals surface area contributed by atoms with Gasteiger partial charge >= 0.3 is 0 Å². The summed E-state index contributed by atoms with van der Waals surface area (Å²) in [6.07, 6.45) is 3.35. The van der Waals surface area contributed by atoms with Crippen LogP contribution in [-0.2, 0) is 9.53 Å². The van der Waals surface area contributed by atoms with E-state index in [-0.39, 0.29) is 17.9 Å². The maximum absolute atomic E-state index is 12.3. The van der Waals surface area contributed by atoms with E-state index in [2.05, 4.69) is 27.2 Å². The van der Waals surface area contributed by atoms with Crippen LogP contribution in [0.15, 0.2) is 12.1 Å². The van der Waals surface area contributed by atoms with Gasteiger partial charge in [-0.15, -0.1) is 5.10 Å². The number of carbonyl (C=O) groups is 1. The molecule has 2 aliphatic heterocycles. The quantitative estimate of drug-likeness (QED) is 0.831. The Morgan fingerprint density at radius 2 is 2.09 bits per heavy atom. The molecule has 0 radical (unpaired) electrons. The zero-order valence-electron chi connectivity index (χ0n) is 12.9. The Morgan fingerprint density at radius 3 is 2.68 bits per heavy atom. The van der Waals surface area contributed by atoms with E-state index in [1.54, 1.807) is 0 Å². The fraction of sp³-hybridized carbons (Fsp3) is 0.688. The third-order valence-corrected chi connectivity index (χ3v) is 5.03. The van der Waals surface area contributed by atoms with E-state index in [9.17, 15) is 4.79 Å². The molecule has 3 aliphatic rings. The summed E-state index contributed by atoms with van der Waals surface area (Å²) >= 11 is 0. The summed E-state index contributed by atoms with van der Waals surface area (Å²) in [7, 11) is 1.91. The summed E-state index contributed by atoms with van der Waals surface area (Å²) in [5, 5.41) is 8.65. The first-order valence-electron chi connectivity index (χ1n) is 8.15. The van der Waals surface area contributed by atoms with E-state index in [1.165, 1.54) is 12.8 Å². The van der Waals surface area contributed by atoms with Crippen LogP contribution in [0, 0.1) is 5.92 Å². The second kappa shape index (κ2) is 5.50. The van der Waals surface area contributed by atoms with E-state index in [0.717, 1.165) is 31.0 Å². The maximum Gasteiger partial charge on any atom is 0.228 e. The standard InChI is InChI=1S/C16H22N4O2/c1-19(16(21)12-6-7-22-10-12)13-8-20(9-13)15-5-4-14(17-18-15)11-2-3-11/h4-5,11-13H,2-3,6-10H2,1H3. The zero-order chi connectivity index (χ0) is 15.1. The van der Waals surface area contributed by atoms with Crippen LogP contribution in [0.4, 0.5) is 5.82 Å². The first-order valence-corrected chi connectivity index (χ1v) is 8.15. The molecule has 4 rings (SSSR count). The van der Waals surface area contributed by atoms with Crippen LogP contribution < -0.4 is 4.90 Å². The van der Waals surface area contributed by atoms with E-state index in [0.29, 0.717) is 19.1 Å². The van der Waals surface area contributed by atoms with Gasteiger partial charge < -0.3 is 14.5 Å². The van der Waals surface area contributed by atoms with Crippen LogP contribution in [0.25, 0.3) is 0 Å². The van der Waals surface area contributed by atoms with Gasteiger partial charge in [0.25, 0.3) is 0 Å². The average Bonchev–Trinajstić information content (AvgIpc) is 3.20. The fourth-order valence-electron chi connectivity index (χ4n) is 3.19. The highest BCUT2D eigenvalue weighted by Gasteiger charge is 2.36. The van der Waals surface area contributed by atoms with Crippen LogP contribution in [0.5, 0.6) is 0 Å². The number of aromatic nitrogens is 2. The largest absolute Gasteiger partial charge is 0.381 e. The lowest BCUT2D eigenvalue weighted by molar-refractivity contribution is -0.136. The molecule has 22 heavy (non-hydrogen) atoms. The van der Waals surface area contributed by atoms with Gasteiger partial charge in [0.2, 0.25) is 5.91 Å². The molecule has 1 unspecified atom stereocenters. The molecule has 0 bridgehead atoms. The van der Waals surface area contributed by atoms with Gasteiger partial charge in [-0.3, -0.25) is 4.79 Å². The zero-order valence-corrected chi connectivity index (χ0v) is 12.9. The van der Waals surface area contributed by atoms with Gasteiger partial charge in [-0.2, -0.15) is 5.10 Å². The normalized spacial score (nSPS) is 25.1. The van der Waals surface area contributed by atoms with Gasteiger partial charge in [-0.25, -0.2) is 0 Å². The Bertz CT molecular complexity index is 546. The molecule has 1 amide bonds. The maximum atomic E-state index is 12.3. The van der Waals surface area contributed by atoms with Crippen molar-refractivity contribution in [3.63, 3.8) is 0 Å². The second-order valence-corrected chi connectivity index (χ2v) is 6.66. The van der Waals surface area contributed by atoms with Crippen molar-refractivity contribution in [2.24, 2.45) is 5.92 Å². The van der Waals surface area contributed by atoms with Gasteiger partial charge in [-0.05, 0) is 31.4 Å². The molecule has 0 aromatic carbocycles. The van der Waals surface area contributed by atoms with Crippen LogP contribution in [0.3, 0.4) is 0 Å². The lowest BCUT2D eigenvalue weighted by atomic mass is 10.0. The molecule has 3 heterocycles. The van der Waals surface area contributed by atoms with Crippen LogP contribution >= 0.6 is 0 Å². The SMILES string of the molecule is CN(C(=O)C1CCOC1)C1CN(c2ccc(C3CC3)nn2)C1. The monoisotopic (exact) mass is 302 g/mol. The van der Waals surface area contributed by atoms with Crippen molar-refractivity contribution in [3.05, 3.63) is 17.8 Å². The molecule has 2 saturated heterocycles. The van der Waals surface area contributed by atoms with Crippen molar-refractivity contribution < 1.29 is 9.53 Å². The third kappa shape index (κ3) is 2.56. The highest BCUT2D eigenvalue weighted by Crippen LogP contribution is 2.38. The highest BCUT2D eigenvalue weighted by atomic mass is 16.5. The van der Waals surface area contributed by atoms with E-state index in [4.69, 9.17) is 4.74 Å². The van der Waals surface area contributed by atoms with Crippen molar-refractivity contribution in [2.75, 3.05) is 38.3 Å². The Balaban J connectivity index is 1.31. The molecular formula is C16H22N4O2. The second-order valence-electron chi connectivity index (χ2n) is 6.66.